The van der Waals surface area contributed by atoms with Crippen LogP contribution in [0.15, 0.2) is 30.7 Å². The Hall–Kier alpha value is -3.07. The lowest BCUT2D eigenvalue weighted by Gasteiger charge is -2.32. The van der Waals surface area contributed by atoms with Crippen LogP contribution in [0.1, 0.15) is 17.3 Å². The SMILES string of the molecule is COc1ccc([C@H]2NC(=O)CO[C@@H]2C(=O)NCCc2cnc[nH]2)cc1OC. The van der Waals surface area contributed by atoms with Gasteiger partial charge in [0, 0.05) is 24.9 Å². The second-order valence-corrected chi connectivity index (χ2v) is 6.01. The van der Waals surface area contributed by atoms with Crippen molar-refractivity contribution in [1.29, 1.82) is 0 Å². The van der Waals surface area contributed by atoms with Gasteiger partial charge in [0.15, 0.2) is 17.6 Å². The first-order valence-electron chi connectivity index (χ1n) is 8.50. The van der Waals surface area contributed by atoms with Crippen molar-refractivity contribution >= 4 is 11.8 Å². The third-order valence-electron chi connectivity index (χ3n) is 4.29. The lowest BCUT2D eigenvalue weighted by Crippen LogP contribution is -2.52. The second-order valence-electron chi connectivity index (χ2n) is 6.01. The number of H-pyrrole nitrogens is 1. The van der Waals surface area contributed by atoms with E-state index < -0.39 is 12.1 Å². The molecule has 2 atom stereocenters. The van der Waals surface area contributed by atoms with E-state index in [1.54, 1.807) is 37.8 Å². The third kappa shape index (κ3) is 4.37. The van der Waals surface area contributed by atoms with Crippen molar-refractivity contribution in [2.75, 3.05) is 27.4 Å². The lowest BCUT2D eigenvalue weighted by molar-refractivity contribution is -0.148. The largest absolute Gasteiger partial charge is 0.493 e. The van der Waals surface area contributed by atoms with Gasteiger partial charge >= 0.3 is 0 Å². The number of carbonyl (C=O) groups is 2. The Bertz CT molecular complexity index is 793. The standard InChI is InChI=1S/C18H22N4O5/c1-25-13-4-3-11(7-14(13)26-2)16-17(27-9-15(23)22-16)18(24)20-6-5-12-8-19-10-21-12/h3-4,7-8,10,16-17H,5-6,9H2,1-2H3,(H,19,21)(H,20,24)(H,22,23)/t16-,17+/m1/s1. The van der Waals surface area contributed by atoms with Crippen LogP contribution in [0.3, 0.4) is 0 Å². The molecule has 0 radical (unpaired) electrons. The first-order valence-corrected chi connectivity index (χ1v) is 8.50. The van der Waals surface area contributed by atoms with Gasteiger partial charge in [-0.3, -0.25) is 9.59 Å². The molecule has 0 unspecified atom stereocenters. The topological polar surface area (TPSA) is 115 Å². The van der Waals surface area contributed by atoms with Crippen LogP contribution in [0.25, 0.3) is 0 Å². The first kappa shape index (κ1) is 18.7. The fraction of sp³-hybridized carbons (Fsp3) is 0.389. The number of nitrogens with one attached hydrogen (secondary N) is 3. The molecular formula is C18H22N4O5. The number of amides is 2. The summed E-state index contributed by atoms with van der Waals surface area (Å²) >= 11 is 0. The molecule has 2 amide bonds. The number of aromatic amines is 1. The molecule has 1 aromatic heterocycles. The number of benzene rings is 1. The van der Waals surface area contributed by atoms with Crippen molar-refractivity contribution in [2.24, 2.45) is 0 Å². The molecule has 144 valence electrons. The summed E-state index contributed by atoms with van der Waals surface area (Å²) in [6.07, 6.45) is 3.06. The summed E-state index contributed by atoms with van der Waals surface area (Å²) in [4.78, 5) is 31.4. The van der Waals surface area contributed by atoms with E-state index in [1.165, 1.54) is 7.11 Å². The Kier molecular flexibility index (Phi) is 5.92. The van der Waals surface area contributed by atoms with Gasteiger partial charge in [-0.15, -0.1) is 0 Å². The molecule has 9 nitrogen and oxygen atoms in total. The summed E-state index contributed by atoms with van der Waals surface area (Å²) in [6.45, 7) is 0.260. The van der Waals surface area contributed by atoms with Gasteiger partial charge in [-0.2, -0.15) is 0 Å². The van der Waals surface area contributed by atoms with E-state index in [0.29, 0.717) is 30.0 Å². The molecule has 1 fully saturated rings. The zero-order valence-corrected chi connectivity index (χ0v) is 15.2. The minimum Gasteiger partial charge on any atom is -0.493 e. The van der Waals surface area contributed by atoms with Gasteiger partial charge in [0.05, 0.1) is 26.6 Å². The maximum atomic E-state index is 12.6. The summed E-state index contributed by atoms with van der Waals surface area (Å²) in [5.74, 6) is 0.490. The van der Waals surface area contributed by atoms with Gasteiger partial charge in [0.1, 0.15) is 6.61 Å². The van der Waals surface area contributed by atoms with Crippen LogP contribution in [-0.2, 0) is 20.7 Å². The van der Waals surface area contributed by atoms with E-state index >= 15 is 0 Å². The number of aromatic nitrogens is 2. The molecule has 9 heteroatoms. The smallest absolute Gasteiger partial charge is 0.251 e. The molecule has 2 aromatic rings. The summed E-state index contributed by atoms with van der Waals surface area (Å²) in [5, 5.41) is 5.66. The van der Waals surface area contributed by atoms with Crippen molar-refractivity contribution in [3.05, 3.63) is 42.0 Å². The normalized spacial score (nSPS) is 19.3. The molecule has 0 saturated carbocycles. The van der Waals surface area contributed by atoms with Crippen LogP contribution in [0.2, 0.25) is 0 Å². The van der Waals surface area contributed by atoms with Crippen LogP contribution in [-0.4, -0.2) is 55.3 Å². The molecule has 1 aliphatic rings. The van der Waals surface area contributed by atoms with Gasteiger partial charge in [-0.25, -0.2) is 4.98 Å². The fourth-order valence-corrected chi connectivity index (χ4v) is 2.93. The maximum Gasteiger partial charge on any atom is 0.251 e. The predicted molar refractivity (Wildman–Crippen MR) is 95.5 cm³/mol. The molecule has 1 aliphatic heterocycles. The Morgan fingerprint density at radius 2 is 2.15 bits per heavy atom. The van der Waals surface area contributed by atoms with E-state index in [-0.39, 0.29) is 18.4 Å². The molecule has 0 bridgehead atoms. The first-order chi connectivity index (χ1) is 13.1. The van der Waals surface area contributed by atoms with Crippen LogP contribution < -0.4 is 20.1 Å². The highest BCUT2D eigenvalue weighted by Crippen LogP contribution is 2.32. The number of carbonyl (C=O) groups excluding carboxylic acids is 2. The summed E-state index contributed by atoms with van der Waals surface area (Å²) in [7, 11) is 3.07. The molecule has 1 aromatic carbocycles. The van der Waals surface area contributed by atoms with E-state index in [4.69, 9.17) is 14.2 Å². The minimum atomic E-state index is -0.845. The highest BCUT2D eigenvalue weighted by atomic mass is 16.5. The van der Waals surface area contributed by atoms with Crippen LogP contribution in [0, 0.1) is 0 Å². The quantitative estimate of drug-likeness (QED) is 0.644. The number of hydrogen-bond acceptors (Lipinski definition) is 6. The van der Waals surface area contributed by atoms with Crippen LogP contribution >= 0.6 is 0 Å². The van der Waals surface area contributed by atoms with Crippen LogP contribution in [0.4, 0.5) is 0 Å². The molecule has 0 aliphatic carbocycles. The number of nitrogens with zero attached hydrogens (tertiary/aromatic N) is 1. The number of imidazole rings is 1. The third-order valence-corrected chi connectivity index (χ3v) is 4.29. The lowest BCUT2D eigenvalue weighted by atomic mass is 9.98. The Morgan fingerprint density at radius 3 is 2.85 bits per heavy atom. The Labute approximate surface area is 156 Å². The van der Waals surface area contributed by atoms with Crippen molar-refractivity contribution in [2.45, 2.75) is 18.6 Å². The van der Waals surface area contributed by atoms with Crippen molar-refractivity contribution in [3.63, 3.8) is 0 Å². The molecule has 27 heavy (non-hydrogen) atoms. The summed E-state index contributed by atoms with van der Waals surface area (Å²) in [5.41, 5.74) is 1.61. The van der Waals surface area contributed by atoms with E-state index in [9.17, 15) is 9.59 Å². The fourth-order valence-electron chi connectivity index (χ4n) is 2.93. The van der Waals surface area contributed by atoms with Crippen molar-refractivity contribution in [3.8, 4) is 11.5 Å². The van der Waals surface area contributed by atoms with Gasteiger partial charge in [-0.05, 0) is 17.7 Å². The number of hydrogen-bond donors (Lipinski definition) is 3. The van der Waals surface area contributed by atoms with E-state index in [2.05, 4.69) is 20.6 Å². The Morgan fingerprint density at radius 1 is 1.33 bits per heavy atom. The highest BCUT2D eigenvalue weighted by molar-refractivity contribution is 5.86. The van der Waals surface area contributed by atoms with Crippen molar-refractivity contribution < 1.29 is 23.8 Å². The highest BCUT2D eigenvalue weighted by Gasteiger charge is 2.36. The summed E-state index contributed by atoms with van der Waals surface area (Å²) in [6, 6.07) is 4.59. The Balaban J connectivity index is 1.72. The van der Waals surface area contributed by atoms with Crippen molar-refractivity contribution in [1.82, 2.24) is 20.6 Å². The zero-order valence-electron chi connectivity index (χ0n) is 15.2. The predicted octanol–water partition coefficient (Wildman–Crippen LogP) is 0.342. The molecule has 2 heterocycles. The molecule has 1 saturated heterocycles. The maximum absolute atomic E-state index is 12.6. The average Bonchev–Trinajstić information content (AvgIpc) is 3.20. The molecule has 3 rings (SSSR count). The molecule has 3 N–H and O–H groups in total. The summed E-state index contributed by atoms with van der Waals surface area (Å²) < 4.78 is 16.1. The van der Waals surface area contributed by atoms with E-state index in [1.807, 2.05) is 0 Å². The number of morpholine rings is 1. The van der Waals surface area contributed by atoms with Gasteiger partial charge in [0.25, 0.3) is 5.91 Å². The molecular weight excluding hydrogens is 352 g/mol. The van der Waals surface area contributed by atoms with Gasteiger partial charge in [0.2, 0.25) is 5.91 Å². The second kappa shape index (κ2) is 8.54. The monoisotopic (exact) mass is 374 g/mol. The molecule has 0 spiro atoms. The number of methoxy groups -OCH3 is 2. The zero-order chi connectivity index (χ0) is 19.2. The van der Waals surface area contributed by atoms with Gasteiger partial charge < -0.3 is 29.8 Å². The number of rotatable bonds is 7. The number of ether oxygens (including phenoxy) is 3. The minimum absolute atomic E-state index is 0.164. The average molecular weight is 374 g/mol. The van der Waals surface area contributed by atoms with E-state index in [0.717, 1.165) is 5.69 Å². The van der Waals surface area contributed by atoms with Gasteiger partial charge in [-0.1, -0.05) is 6.07 Å². The van der Waals surface area contributed by atoms with Crippen LogP contribution in [0.5, 0.6) is 11.5 Å².